The molecule has 0 aliphatic heterocycles. The van der Waals surface area contributed by atoms with Gasteiger partial charge in [-0.1, -0.05) is 30.3 Å². The SMILES string of the molecule is O=C(Nc1cnc(-c2ccccc2)nc1)c1ccc(S(=O)(=O)C(F)F)cc1. The van der Waals surface area contributed by atoms with Crippen LogP contribution in [0.1, 0.15) is 10.4 Å². The molecular weight excluding hydrogens is 376 g/mol. The van der Waals surface area contributed by atoms with Crippen molar-refractivity contribution in [1.29, 1.82) is 0 Å². The molecule has 0 saturated heterocycles. The highest BCUT2D eigenvalue weighted by Gasteiger charge is 2.26. The lowest BCUT2D eigenvalue weighted by Crippen LogP contribution is -2.14. The molecule has 0 aliphatic carbocycles. The number of rotatable bonds is 5. The van der Waals surface area contributed by atoms with Crippen molar-refractivity contribution in [3.8, 4) is 11.4 Å². The highest BCUT2D eigenvalue weighted by Crippen LogP contribution is 2.19. The van der Waals surface area contributed by atoms with E-state index in [9.17, 15) is 22.0 Å². The van der Waals surface area contributed by atoms with Crippen molar-refractivity contribution < 1.29 is 22.0 Å². The van der Waals surface area contributed by atoms with Crippen LogP contribution in [0.15, 0.2) is 71.9 Å². The average Bonchev–Trinajstić information content (AvgIpc) is 2.69. The molecule has 1 N–H and O–H groups in total. The Bertz CT molecular complexity index is 1040. The number of benzene rings is 2. The van der Waals surface area contributed by atoms with E-state index in [1.165, 1.54) is 12.4 Å². The molecule has 0 aliphatic rings. The maximum Gasteiger partial charge on any atom is 0.341 e. The average molecular weight is 389 g/mol. The lowest BCUT2D eigenvalue weighted by atomic mass is 10.2. The van der Waals surface area contributed by atoms with Crippen LogP contribution in [0, 0.1) is 0 Å². The molecule has 0 saturated carbocycles. The van der Waals surface area contributed by atoms with Crippen LogP contribution in [0.5, 0.6) is 0 Å². The molecule has 0 bridgehead atoms. The first-order valence-electron chi connectivity index (χ1n) is 7.69. The number of nitrogens with one attached hydrogen (secondary N) is 1. The van der Waals surface area contributed by atoms with E-state index in [-0.39, 0.29) is 5.56 Å². The summed E-state index contributed by atoms with van der Waals surface area (Å²) in [6, 6.07) is 13.5. The molecule has 3 aromatic rings. The lowest BCUT2D eigenvalue weighted by molar-refractivity contribution is 0.102. The number of anilines is 1. The highest BCUT2D eigenvalue weighted by atomic mass is 32.2. The summed E-state index contributed by atoms with van der Waals surface area (Å²) in [6.45, 7) is 0. The van der Waals surface area contributed by atoms with E-state index >= 15 is 0 Å². The molecule has 1 amide bonds. The van der Waals surface area contributed by atoms with E-state index in [1.807, 2.05) is 30.3 Å². The summed E-state index contributed by atoms with van der Waals surface area (Å²) in [5.41, 5.74) is 1.27. The quantitative estimate of drug-likeness (QED) is 0.723. The predicted octanol–water partition coefficient (Wildman–Crippen LogP) is 3.39. The first-order valence-corrected chi connectivity index (χ1v) is 9.23. The third-order valence-electron chi connectivity index (χ3n) is 3.62. The molecule has 0 fully saturated rings. The Labute approximate surface area is 153 Å². The maximum atomic E-state index is 12.5. The largest absolute Gasteiger partial charge is 0.341 e. The first-order chi connectivity index (χ1) is 12.9. The Kier molecular flexibility index (Phi) is 5.22. The maximum absolute atomic E-state index is 12.5. The number of nitrogens with zero attached hydrogens (tertiary/aromatic N) is 2. The van der Waals surface area contributed by atoms with Crippen molar-refractivity contribution >= 4 is 21.4 Å². The zero-order chi connectivity index (χ0) is 19.4. The molecule has 0 radical (unpaired) electrons. The van der Waals surface area contributed by atoms with Crippen LogP contribution in [-0.2, 0) is 9.84 Å². The summed E-state index contributed by atoms with van der Waals surface area (Å²) in [5, 5.41) is 2.56. The minimum absolute atomic E-state index is 0.107. The van der Waals surface area contributed by atoms with Gasteiger partial charge in [0.1, 0.15) is 0 Å². The van der Waals surface area contributed by atoms with Crippen LogP contribution < -0.4 is 5.32 Å². The Balaban J connectivity index is 1.72. The number of alkyl halides is 2. The monoisotopic (exact) mass is 389 g/mol. The summed E-state index contributed by atoms with van der Waals surface area (Å²) in [5.74, 6) is -3.57. The number of carbonyl (C=O) groups is 1. The Morgan fingerprint density at radius 1 is 0.926 bits per heavy atom. The second-order valence-corrected chi connectivity index (χ2v) is 7.36. The minimum Gasteiger partial charge on any atom is -0.319 e. The molecular formula is C18H13F2N3O3S. The van der Waals surface area contributed by atoms with Crippen molar-refractivity contribution in [3.63, 3.8) is 0 Å². The number of hydrogen-bond acceptors (Lipinski definition) is 5. The van der Waals surface area contributed by atoms with Gasteiger partial charge in [-0.25, -0.2) is 18.4 Å². The molecule has 3 rings (SSSR count). The van der Waals surface area contributed by atoms with E-state index in [0.717, 1.165) is 29.8 Å². The van der Waals surface area contributed by atoms with E-state index in [2.05, 4.69) is 15.3 Å². The van der Waals surface area contributed by atoms with Gasteiger partial charge in [0.05, 0.1) is 23.0 Å². The van der Waals surface area contributed by atoms with Crippen molar-refractivity contribution in [2.24, 2.45) is 0 Å². The van der Waals surface area contributed by atoms with E-state index in [1.54, 1.807) is 0 Å². The van der Waals surface area contributed by atoms with Crippen molar-refractivity contribution in [3.05, 3.63) is 72.6 Å². The number of hydrogen-bond donors (Lipinski definition) is 1. The summed E-state index contributed by atoms with van der Waals surface area (Å²) < 4.78 is 47.8. The Hall–Kier alpha value is -3.20. The second-order valence-electron chi connectivity index (χ2n) is 5.45. The summed E-state index contributed by atoms with van der Waals surface area (Å²) in [4.78, 5) is 20.0. The van der Waals surface area contributed by atoms with Gasteiger partial charge >= 0.3 is 5.76 Å². The van der Waals surface area contributed by atoms with Crippen LogP contribution in [-0.4, -0.2) is 30.1 Å². The number of sulfone groups is 1. The van der Waals surface area contributed by atoms with Gasteiger partial charge in [0.2, 0.25) is 9.84 Å². The number of halogens is 2. The molecule has 0 spiro atoms. The number of amides is 1. The van der Waals surface area contributed by atoms with Gasteiger partial charge < -0.3 is 5.32 Å². The van der Waals surface area contributed by atoms with Crippen LogP contribution in [0.25, 0.3) is 11.4 Å². The van der Waals surface area contributed by atoms with Crippen LogP contribution in [0.2, 0.25) is 0 Å². The van der Waals surface area contributed by atoms with Crippen molar-refractivity contribution in [2.75, 3.05) is 5.32 Å². The predicted molar refractivity (Wildman–Crippen MR) is 95.1 cm³/mol. The third-order valence-corrected chi connectivity index (χ3v) is 5.02. The Morgan fingerprint density at radius 2 is 1.52 bits per heavy atom. The molecule has 1 heterocycles. The van der Waals surface area contributed by atoms with E-state index in [0.29, 0.717) is 11.5 Å². The van der Waals surface area contributed by atoms with Gasteiger partial charge in [-0.2, -0.15) is 8.78 Å². The normalized spacial score (nSPS) is 11.4. The smallest absolute Gasteiger partial charge is 0.319 e. The molecule has 27 heavy (non-hydrogen) atoms. The van der Waals surface area contributed by atoms with Crippen molar-refractivity contribution in [2.45, 2.75) is 10.7 Å². The van der Waals surface area contributed by atoms with Crippen molar-refractivity contribution in [1.82, 2.24) is 9.97 Å². The van der Waals surface area contributed by atoms with Gasteiger partial charge in [0.15, 0.2) is 5.82 Å². The summed E-state index contributed by atoms with van der Waals surface area (Å²) in [6.07, 6.45) is 2.87. The molecule has 0 unspecified atom stereocenters. The fraction of sp³-hybridized carbons (Fsp3) is 0.0556. The molecule has 6 nitrogen and oxygen atoms in total. The topological polar surface area (TPSA) is 89.0 Å². The van der Waals surface area contributed by atoms with Gasteiger partial charge in [-0.15, -0.1) is 0 Å². The van der Waals surface area contributed by atoms with Crippen LogP contribution in [0.4, 0.5) is 14.5 Å². The lowest BCUT2D eigenvalue weighted by Gasteiger charge is -2.07. The van der Waals surface area contributed by atoms with E-state index in [4.69, 9.17) is 0 Å². The molecule has 0 atom stereocenters. The van der Waals surface area contributed by atoms with Gasteiger partial charge in [0.25, 0.3) is 5.91 Å². The van der Waals surface area contributed by atoms with Gasteiger partial charge in [0, 0.05) is 11.1 Å². The fourth-order valence-corrected chi connectivity index (χ4v) is 2.95. The third kappa shape index (κ3) is 4.14. The van der Waals surface area contributed by atoms with Gasteiger partial charge in [-0.05, 0) is 24.3 Å². The first kappa shape index (κ1) is 18.6. The zero-order valence-corrected chi connectivity index (χ0v) is 14.5. The molecule has 2 aromatic carbocycles. The van der Waals surface area contributed by atoms with Gasteiger partial charge in [-0.3, -0.25) is 4.79 Å². The molecule has 9 heteroatoms. The second kappa shape index (κ2) is 7.58. The highest BCUT2D eigenvalue weighted by molar-refractivity contribution is 7.91. The van der Waals surface area contributed by atoms with Crippen LogP contribution >= 0.6 is 0 Å². The van der Waals surface area contributed by atoms with Crippen LogP contribution in [0.3, 0.4) is 0 Å². The Morgan fingerprint density at radius 3 is 2.07 bits per heavy atom. The number of aromatic nitrogens is 2. The number of carbonyl (C=O) groups excluding carboxylic acids is 1. The summed E-state index contributed by atoms with van der Waals surface area (Å²) in [7, 11) is -4.69. The molecule has 138 valence electrons. The van der Waals surface area contributed by atoms with E-state index < -0.39 is 26.4 Å². The summed E-state index contributed by atoms with van der Waals surface area (Å²) >= 11 is 0. The molecule has 1 aromatic heterocycles. The standard InChI is InChI=1S/C18H13F2N3O3S/c19-18(20)27(25,26)15-8-6-13(7-9-15)17(24)23-14-10-21-16(22-11-14)12-4-2-1-3-5-12/h1-11,18H,(H,23,24). The fourth-order valence-electron chi connectivity index (χ4n) is 2.23. The zero-order valence-electron chi connectivity index (χ0n) is 13.7. The minimum atomic E-state index is -4.69.